The molecule has 0 fully saturated rings. The van der Waals surface area contributed by atoms with Gasteiger partial charge in [-0.05, 0) is 72.4 Å². The molecule has 1 atom stereocenters. The van der Waals surface area contributed by atoms with E-state index >= 15 is 0 Å². The molecule has 1 aliphatic rings. The van der Waals surface area contributed by atoms with E-state index < -0.39 is 0 Å². The van der Waals surface area contributed by atoms with Crippen molar-refractivity contribution in [3.05, 3.63) is 82.4 Å². The molecule has 0 N–H and O–H groups in total. The van der Waals surface area contributed by atoms with Crippen molar-refractivity contribution in [1.29, 1.82) is 0 Å². The molecule has 0 saturated heterocycles. The van der Waals surface area contributed by atoms with Gasteiger partial charge in [0.15, 0.2) is 0 Å². The number of hydrogen-bond donors (Lipinski definition) is 0. The first-order valence-electron chi connectivity index (χ1n) is 9.17. The maximum absolute atomic E-state index is 3.38. The van der Waals surface area contributed by atoms with Crippen molar-refractivity contribution in [2.45, 2.75) is 51.9 Å². The summed E-state index contributed by atoms with van der Waals surface area (Å²) in [6.07, 6.45) is 7.96. The van der Waals surface area contributed by atoms with Crippen LogP contribution in [0, 0.1) is 11.8 Å². The molecule has 0 nitrogen and oxygen atoms in total. The molecule has 2 aromatic carbocycles. The first-order valence-corrected chi connectivity index (χ1v) is 9.17. The Labute approximate surface area is 146 Å². The fraction of sp³-hybridized carbons (Fsp3) is 0.333. The van der Waals surface area contributed by atoms with Gasteiger partial charge in [0.25, 0.3) is 0 Å². The zero-order valence-corrected chi connectivity index (χ0v) is 14.8. The normalized spacial score (nSPS) is 16.9. The minimum absolute atomic E-state index is 0.658. The van der Waals surface area contributed by atoms with Gasteiger partial charge < -0.3 is 0 Å². The van der Waals surface area contributed by atoms with Crippen molar-refractivity contribution < 1.29 is 0 Å². The van der Waals surface area contributed by atoms with Crippen LogP contribution in [0.1, 0.15) is 61.3 Å². The largest absolute Gasteiger partial charge is 0.0723 e. The van der Waals surface area contributed by atoms with E-state index in [2.05, 4.69) is 80.3 Å². The molecule has 0 radical (unpaired) electrons. The highest BCUT2D eigenvalue weighted by molar-refractivity contribution is 5.42. The van der Waals surface area contributed by atoms with E-state index in [-0.39, 0.29) is 0 Å². The van der Waals surface area contributed by atoms with Crippen LogP contribution in [-0.4, -0.2) is 0 Å². The number of benzene rings is 2. The third kappa shape index (κ3) is 4.18. The molecule has 0 spiro atoms. The smallest absolute Gasteiger partial charge is 0.0249 e. The second kappa shape index (κ2) is 8.02. The Kier molecular flexibility index (Phi) is 5.55. The summed E-state index contributed by atoms with van der Waals surface area (Å²) >= 11 is 0. The predicted octanol–water partition coefficient (Wildman–Crippen LogP) is 6.06. The number of rotatable bonds is 3. The van der Waals surface area contributed by atoms with Gasteiger partial charge in [0, 0.05) is 5.56 Å². The second-order valence-electron chi connectivity index (χ2n) is 6.60. The third-order valence-corrected chi connectivity index (χ3v) is 5.00. The van der Waals surface area contributed by atoms with Crippen LogP contribution in [0.25, 0.3) is 0 Å². The van der Waals surface area contributed by atoms with E-state index in [4.69, 9.17) is 0 Å². The van der Waals surface area contributed by atoms with Crippen LogP contribution < -0.4 is 0 Å². The van der Waals surface area contributed by atoms with Crippen molar-refractivity contribution >= 4 is 0 Å². The summed E-state index contributed by atoms with van der Waals surface area (Å²) in [4.78, 5) is 0. The summed E-state index contributed by atoms with van der Waals surface area (Å²) in [7, 11) is 0. The first-order chi connectivity index (χ1) is 11.8. The van der Waals surface area contributed by atoms with Gasteiger partial charge in [-0.3, -0.25) is 0 Å². The van der Waals surface area contributed by atoms with E-state index in [0.29, 0.717) is 5.92 Å². The Bertz CT molecular complexity index is 748. The van der Waals surface area contributed by atoms with Crippen molar-refractivity contribution in [2.75, 3.05) is 0 Å². The van der Waals surface area contributed by atoms with Crippen LogP contribution in [0.4, 0.5) is 0 Å². The van der Waals surface area contributed by atoms with Crippen LogP contribution >= 0.6 is 0 Å². The highest BCUT2D eigenvalue weighted by atomic mass is 14.2. The molecule has 0 aliphatic heterocycles. The average molecular weight is 314 g/mol. The van der Waals surface area contributed by atoms with Gasteiger partial charge in [0.2, 0.25) is 0 Å². The van der Waals surface area contributed by atoms with Gasteiger partial charge in [-0.15, -0.1) is 0 Å². The molecule has 122 valence electrons. The maximum Gasteiger partial charge on any atom is 0.0249 e. The Morgan fingerprint density at radius 3 is 2.00 bits per heavy atom. The summed E-state index contributed by atoms with van der Waals surface area (Å²) in [5.74, 6) is 7.35. The molecule has 0 aromatic heterocycles. The quantitative estimate of drug-likeness (QED) is 0.604. The standard InChI is InChI=1S/C24H26/c1-3-19-5-7-21(8-6-19)9-10-22-13-17-24(18-14-22)23-15-11-20(4-2)12-16-23/h5-8,11-13,15-16,24H,3-4,14,17-18H2,1-2H3. The van der Waals surface area contributed by atoms with Crippen molar-refractivity contribution in [2.24, 2.45) is 0 Å². The van der Waals surface area contributed by atoms with E-state index in [1.807, 2.05) is 0 Å². The Hall–Kier alpha value is -2.26. The molecule has 0 amide bonds. The molecule has 1 unspecified atom stereocenters. The Morgan fingerprint density at radius 2 is 1.46 bits per heavy atom. The van der Waals surface area contributed by atoms with E-state index in [0.717, 1.165) is 31.2 Å². The summed E-state index contributed by atoms with van der Waals surface area (Å²) in [5.41, 5.74) is 6.69. The summed E-state index contributed by atoms with van der Waals surface area (Å²) in [6.45, 7) is 4.39. The van der Waals surface area contributed by atoms with Crippen molar-refractivity contribution in [3.8, 4) is 11.8 Å². The fourth-order valence-electron chi connectivity index (χ4n) is 3.25. The van der Waals surface area contributed by atoms with E-state index in [1.54, 1.807) is 0 Å². The van der Waals surface area contributed by atoms with E-state index in [9.17, 15) is 0 Å². The zero-order valence-electron chi connectivity index (χ0n) is 14.8. The zero-order chi connectivity index (χ0) is 16.8. The van der Waals surface area contributed by atoms with Crippen molar-refractivity contribution in [1.82, 2.24) is 0 Å². The summed E-state index contributed by atoms with van der Waals surface area (Å²) in [5, 5.41) is 0. The van der Waals surface area contributed by atoms with Crippen LogP contribution in [0.15, 0.2) is 60.2 Å². The molecule has 1 aliphatic carbocycles. The molecular formula is C24H26. The molecular weight excluding hydrogens is 288 g/mol. The number of aryl methyl sites for hydroxylation is 2. The van der Waals surface area contributed by atoms with Crippen LogP contribution in [0.5, 0.6) is 0 Å². The second-order valence-corrected chi connectivity index (χ2v) is 6.60. The molecule has 0 saturated carbocycles. The van der Waals surface area contributed by atoms with Crippen LogP contribution in [0.2, 0.25) is 0 Å². The molecule has 2 aromatic rings. The van der Waals surface area contributed by atoms with Gasteiger partial charge in [-0.25, -0.2) is 0 Å². The lowest BCUT2D eigenvalue weighted by molar-refractivity contribution is 0.607. The van der Waals surface area contributed by atoms with Gasteiger partial charge >= 0.3 is 0 Å². The molecule has 24 heavy (non-hydrogen) atoms. The highest BCUT2D eigenvalue weighted by Crippen LogP contribution is 2.32. The van der Waals surface area contributed by atoms with Gasteiger partial charge in [-0.1, -0.05) is 68.2 Å². The average Bonchev–Trinajstić information content (AvgIpc) is 2.67. The topological polar surface area (TPSA) is 0 Å². The van der Waals surface area contributed by atoms with Crippen molar-refractivity contribution in [3.63, 3.8) is 0 Å². The molecule has 3 rings (SSSR count). The van der Waals surface area contributed by atoms with Gasteiger partial charge in [0.1, 0.15) is 0 Å². The Balaban J connectivity index is 1.63. The van der Waals surface area contributed by atoms with Crippen LogP contribution in [0.3, 0.4) is 0 Å². The first kappa shape index (κ1) is 16.6. The predicted molar refractivity (Wildman–Crippen MR) is 103 cm³/mol. The fourth-order valence-corrected chi connectivity index (χ4v) is 3.25. The molecule has 0 heteroatoms. The molecule has 0 bridgehead atoms. The highest BCUT2D eigenvalue weighted by Gasteiger charge is 2.15. The van der Waals surface area contributed by atoms with Gasteiger partial charge in [-0.2, -0.15) is 0 Å². The summed E-state index contributed by atoms with van der Waals surface area (Å²) in [6, 6.07) is 17.8. The number of allylic oxidation sites excluding steroid dienone is 2. The summed E-state index contributed by atoms with van der Waals surface area (Å²) < 4.78 is 0. The minimum atomic E-state index is 0.658. The Morgan fingerprint density at radius 1 is 0.833 bits per heavy atom. The monoisotopic (exact) mass is 314 g/mol. The maximum atomic E-state index is 3.38. The van der Waals surface area contributed by atoms with Gasteiger partial charge in [0.05, 0.1) is 0 Å². The SMILES string of the molecule is CCc1ccc(C#CC2=CCC(c3ccc(CC)cc3)CC2)cc1. The van der Waals surface area contributed by atoms with Crippen LogP contribution in [-0.2, 0) is 12.8 Å². The third-order valence-electron chi connectivity index (χ3n) is 5.00. The lowest BCUT2D eigenvalue weighted by atomic mass is 9.84. The number of hydrogen-bond acceptors (Lipinski definition) is 0. The minimum Gasteiger partial charge on any atom is -0.0723 e. The lowest BCUT2D eigenvalue weighted by Gasteiger charge is -2.20. The van der Waals surface area contributed by atoms with E-state index in [1.165, 1.54) is 28.7 Å². The lowest BCUT2D eigenvalue weighted by Crippen LogP contribution is -2.03. The molecule has 0 heterocycles.